The summed E-state index contributed by atoms with van der Waals surface area (Å²) >= 11 is 6.05. The Labute approximate surface area is 113 Å². The molecule has 1 aliphatic rings. The zero-order chi connectivity index (χ0) is 13.2. The van der Waals surface area contributed by atoms with Crippen molar-refractivity contribution in [3.63, 3.8) is 0 Å². The highest BCUT2D eigenvalue weighted by molar-refractivity contribution is 6.18. The molecule has 0 spiro atoms. The fraction of sp³-hybridized carbons (Fsp3) is 0.571. The predicted molar refractivity (Wildman–Crippen MR) is 71.4 cm³/mol. The normalized spacial score (nSPS) is 18.3. The maximum atomic E-state index is 6.05. The first-order valence-electron chi connectivity index (χ1n) is 6.15. The van der Waals surface area contributed by atoms with E-state index < -0.39 is 5.79 Å². The second-order valence-electron chi connectivity index (χ2n) is 4.70. The van der Waals surface area contributed by atoms with E-state index in [9.17, 15) is 0 Å². The number of methoxy groups -OCH3 is 1. The molecule has 0 atom stereocenters. The van der Waals surface area contributed by atoms with Crippen LogP contribution in [0.4, 0.5) is 0 Å². The quantitative estimate of drug-likeness (QED) is 0.786. The van der Waals surface area contributed by atoms with Crippen LogP contribution in [0.25, 0.3) is 0 Å². The molecule has 1 fully saturated rings. The predicted octanol–water partition coefficient (Wildman–Crippen LogP) is 3.26. The molecule has 1 aromatic carbocycles. The molecule has 0 radical (unpaired) electrons. The highest BCUT2D eigenvalue weighted by Crippen LogP contribution is 2.39. The van der Waals surface area contributed by atoms with Gasteiger partial charge in [0.1, 0.15) is 5.75 Å². The third-order valence-corrected chi connectivity index (χ3v) is 3.58. The van der Waals surface area contributed by atoms with E-state index in [0.717, 1.165) is 11.3 Å². The van der Waals surface area contributed by atoms with E-state index in [-0.39, 0.29) is 5.88 Å². The summed E-state index contributed by atoms with van der Waals surface area (Å²) in [7, 11) is 1.64. The Balaban J connectivity index is 2.48. The first kappa shape index (κ1) is 13.7. The molecule has 1 aliphatic heterocycles. The van der Waals surface area contributed by atoms with Gasteiger partial charge in [0, 0.05) is 0 Å². The Hall–Kier alpha value is -0.770. The van der Waals surface area contributed by atoms with Crippen molar-refractivity contribution in [2.75, 3.05) is 26.2 Å². The molecule has 1 saturated heterocycles. The standard InChI is InChI=1S/C14H19ClO3/c1-10(2)11-4-5-13(16-3)12(8-11)14(9-15)17-6-7-18-14/h4-5,8,10H,6-7,9H2,1-3H3. The van der Waals surface area contributed by atoms with Gasteiger partial charge < -0.3 is 14.2 Å². The smallest absolute Gasteiger partial charge is 0.212 e. The molecule has 0 N–H and O–H groups in total. The van der Waals surface area contributed by atoms with E-state index >= 15 is 0 Å². The first-order chi connectivity index (χ1) is 8.63. The van der Waals surface area contributed by atoms with Crippen molar-refractivity contribution in [3.8, 4) is 5.75 Å². The lowest BCUT2D eigenvalue weighted by atomic mass is 9.96. The van der Waals surface area contributed by atoms with Gasteiger partial charge in [-0.2, -0.15) is 0 Å². The number of hydrogen-bond acceptors (Lipinski definition) is 3. The summed E-state index contributed by atoms with van der Waals surface area (Å²) in [5.41, 5.74) is 2.10. The van der Waals surface area contributed by atoms with Crippen molar-refractivity contribution < 1.29 is 14.2 Å². The van der Waals surface area contributed by atoms with Gasteiger partial charge >= 0.3 is 0 Å². The molecule has 4 heteroatoms. The Kier molecular flexibility index (Phi) is 4.15. The van der Waals surface area contributed by atoms with Crippen LogP contribution in [0.3, 0.4) is 0 Å². The van der Waals surface area contributed by atoms with Gasteiger partial charge in [0.15, 0.2) is 0 Å². The van der Waals surface area contributed by atoms with Crippen molar-refractivity contribution in [2.24, 2.45) is 0 Å². The molecule has 1 heterocycles. The minimum Gasteiger partial charge on any atom is -0.496 e. The van der Waals surface area contributed by atoms with Crippen LogP contribution in [0.15, 0.2) is 18.2 Å². The average Bonchev–Trinajstić information content (AvgIpc) is 2.87. The minimum atomic E-state index is -0.863. The molecule has 18 heavy (non-hydrogen) atoms. The van der Waals surface area contributed by atoms with E-state index in [2.05, 4.69) is 26.0 Å². The monoisotopic (exact) mass is 270 g/mol. The lowest BCUT2D eigenvalue weighted by Gasteiger charge is -2.27. The SMILES string of the molecule is COc1ccc(C(C)C)cc1C1(CCl)OCCO1. The van der Waals surface area contributed by atoms with Gasteiger partial charge in [-0.25, -0.2) is 0 Å². The number of halogens is 1. The van der Waals surface area contributed by atoms with Crippen LogP contribution < -0.4 is 4.74 Å². The molecule has 0 unspecified atom stereocenters. The van der Waals surface area contributed by atoms with Crippen LogP contribution in [0.1, 0.15) is 30.9 Å². The van der Waals surface area contributed by atoms with Crippen molar-refractivity contribution in [3.05, 3.63) is 29.3 Å². The topological polar surface area (TPSA) is 27.7 Å². The van der Waals surface area contributed by atoms with E-state index in [0.29, 0.717) is 19.1 Å². The number of alkyl halides is 1. The van der Waals surface area contributed by atoms with Crippen molar-refractivity contribution >= 4 is 11.6 Å². The van der Waals surface area contributed by atoms with Gasteiger partial charge in [-0.05, 0) is 23.6 Å². The van der Waals surface area contributed by atoms with E-state index in [4.69, 9.17) is 25.8 Å². The van der Waals surface area contributed by atoms with Crippen molar-refractivity contribution in [1.29, 1.82) is 0 Å². The highest BCUT2D eigenvalue weighted by atomic mass is 35.5. The summed E-state index contributed by atoms with van der Waals surface area (Å²) in [5.74, 6) is 0.577. The van der Waals surface area contributed by atoms with Gasteiger partial charge in [-0.3, -0.25) is 0 Å². The van der Waals surface area contributed by atoms with Crippen LogP contribution >= 0.6 is 11.6 Å². The highest BCUT2D eigenvalue weighted by Gasteiger charge is 2.40. The fourth-order valence-electron chi connectivity index (χ4n) is 2.14. The van der Waals surface area contributed by atoms with E-state index in [1.807, 2.05) is 6.07 Å². The second-order valence-corrected chi connectivity index (χ2v) is 4.97. The third kappa shape index (κ3) is 2.35. The molecule has 2 rings (SSSR count). The molecular weight excluding hydrogens is 252 g/mol. The van der Waals surface area contributed by atoms with Gasteiger partial charge in [0.2, 0.25) is 5.79 Å². The number of rotatable bonds is 4. The molecule has 0 saturated carbocycles. The van der Waals surface area contributed by atoms with Gasteiger partial charge in [0.25, 0.3) is 0 Å². The lowest BCUT2D eigenvalue weighted by Crippen LogP contribution is -2.30. The summed E-state index contributed by atoms with van der Waals surface area (Å²) in [6.45, 7) is 5.41. The van der Waals surface area contributed by atoms with E-state index in [1.165, 1.54) is 5.56 Å². The minimum absolute atomic E-state index is 0.255. The molecule has 0 aliphatic carbocycles. The molecule has 0 bridgehead atoms. The lowest BCUT2D eigenvalue weighted by molar-refractivity contribution is -0.147. The number of hydrogen-bond donors (Lipinski definition) is 0. The zero-order valence-electron chi connectivity index (χ0n) is 11.0. The Morgan fingerprint density at radius 1 is 1.33 bits per heavy atom. The maximum absolute atomic E-state index is 6.05. The number of ether oxygens (including phenoxy) is 3. The number of benzene rings is 1. The molecule has 3 nitrogen and oxygen atoms in total. The van der Waals surface area contributed by atoms with Gasteiger partial charge in [0.05, 0.1) is 31.8 Å². The zero-order valence-corrected chi connectivity index (χ0v) is 11.8. The summed E-state index contributed by atoms with van der Waals surface area (Å²) < 4.78 is 16.8. The summed E-state index contributed by atoms with van der Waals surface area (Å²) in [4.78, 5) is 0. The average molecular weight is 271 g/mol. The van der Waals surface area contributed by atoms with Crippen molar-refractivity contribution in [2.45, 2.75) is 25.6 Å². The summed E-state index contributed by atoms with van der Waals surface area (Å²) in [6.07, 6.45) is 0. The van der Waals surface area contributed by atoms with Crippen molar-refractivity contribution in [1.82, 2.24) is 0 Å². The Morgan fingerprint density at radius 2 is 2.00 bits per heavy atom. The third-order valence-electron chi connectivity index (χ3n) is 3.23. The molecule has 0 aromatic heterocycles. The Morgan fingerprint density at radius 3 is 2.50 bits per heavy atom. The Bertz CT molecular complexity index is 412. The largest absolute Gasteiger partial charge is 0.496 e. The van der Waals surface area contributed by atoms with Crippen LogP contribution in [-0.4, -0.2) is 26.2 Å². The maximum Gasteiger partial charge on any atom is 0.212 e. The van der Waals surface area contributed by atoms with Crippen LogP contribution in [0, 0.1) is 0 Å². The van der Waals surface area contributed by atoms with E-state index in [1.54, 1.807) is 7.11 Å². The summed E-state index contributed by atoms with van der Waals surface area (Å²) in [5, 5.41) is 0. The van der Waals surface area contributed by atoms with Gasteiger partial charge in [-0.1, -0.05) is 19.9 Å². The molecular formula is C14H19ClO3. The summed E-state index contributed by atoms with van der Waals surface area (Å²) in [6, 6.07) is 6.07. The van der Waals surface area contributed by atoms with Crippen LogP contribution in [-0.2, 0) is 15.3 Å². The molecule has 1 aromatic rings. The van der Waals surface area contributed by atoms with Crippen LogP contribution in [0.2, 0.25) is 0 Å². The van der Waals surface area contributed by atoms with Crippen LogP contribution in [0.5, 0.6) is 5.75 Å². The molecule has 100 valence electrons. The second kappa shape index (κ2) is 5.47. The molecule has 0 amide bonds. The first-order valence-corrected chi connectivity index (χ1v) is 6.68. The van der Waals surface area contributed by atoms with Gasteiger partial charge in [-0.15, -0.1) is 11.6 Å². The fourth-order valence-corrected chi connectivity index (χ4v) is 2.44.